The summed E-state index contributed by atoms with van der Waals surface area (Å²) < 4.78 is 42.0. The first kappa shape index (κ1) is 21.1. The van der Waals surface area contributed by atoms with Gasteiger partial charge in [0.05, 0.1) is 17.6 Å². The van der Waals surface area contributed by atoms with Crippen molar-refractivity contribution in [3.05, 3.63) is 53.5 Å². The quantitative estimate of drug-likeness (QED) is 0.661. The molecular weight excluding hydrogens is 398 g/mol. The molecule has 0 amide bonds. The van der Waals surface area contributed by atoms with Crippen LogP contribution in [-0.4, -0.2) is 44.9 Å². The number of carbonyl (C=O) groups is 2. The second kappa shape index (κ2) is 9.23. The minimum atomic E-state index is -3.57. The standard InChI is InChI=1S/C20H23NO7S/c1-26-20(23)18-11-8-16(28-18)14-27-19(22)15-6-9-17(10-7-15)29(24,25)21-12-4-2-3-5-13-21/h6-11H,2-5,12-14H2,1H3. The molecule has 9 heteroatoms. The lowest BCUT2D eigenvalue weighted by Crippen LogP contribution is -2.31. The van der Waals surface area contributed by atoms with Gasteiger partial charge in [0.25, 0.3) is 0 Å². The molecule has 1 saturated heterocycles. The fraction of sp³-hybridized carbons (Fsp3) is 0.400. The van der Waals surface area contributed by atoms with Crippen LogP contribution >= 0.6 is 0 Å². The number of esters is 2. The highest BCUT2D eigenvalue weighted by Crippen LogP contribution is 2.21. The Bertz CT molecular complexity index is 955. The lowest BCUT2D eigenvalue weighted by atomic mass is 10.2. The Kier molecular flexibility index (Phi) is 6.71. The molecule has 0 unspecified atom stereocenters. The van der Waals surface area contributed by atoms with Crippen LogP contribution in [0.3, 0.4) is 0 Å². The van der Waals surface area contributed by atoms with Crippen molar-refractivity contribution in [2.24, 2.45) is 0 Å². The third kappa shape index (κ3) is 5.04. The lowest BCUT2D eigenvalue weighted by Gasteiger charge is -2.19. The van der Waals surface area contributed by atoms with Gasteiger partial charge in [0.2, 0.25) is 15.8 Å². The normalized spacial score (nSPS) is 15.5. The van der Waals surface area contributed by atoms with E-state index in [0.29, 0.717) is 18.8 Å². The van der Waals surface area contributed by atoms with Gasteiger partial charge < -0.3 is 13.9 Å². The molecule has 0 aliphatic carbocycles. The van der Waals surface area contributed by atoms with E-state index in [0.717, 1.165) is 25.7 Å². The van der Waals surface area contributed by atoms with Crippen molar-refractivity contribution in [3.63, 3.8) is 0 Å². The van der Waals surface area contributed by atoms with Crippen LogP contribution in [0.15, 0.2) is 45.7 Å². The van der Waals surface area contributed by atoms with Gasteiger partial charge in [-0.25, -0.2) is 18.0 Å². The average Bonchev–Trinajstić information content (AvgIpc) is 3.03. The Morgan fingerprint density at radius 3 is 2.24 bits per heavy atom. The summed E-state index contributed by atoms with van der Waals surface area (Å²) in [6, 6.07) is 8.62. The monoisotopic (exact) mass is 421 g/mol. The van der Waals surface area contributed by atoms with Crippen LogP contribution < -0.4 is 0 Å². The summed E-state index contributed by atoms with van der Waals surface area (Å²) in [6.45, 7) is 0.870. The van der Waals surface area contributed by atoms with E-state index >= 15 is 0 Å². The van der Waals surface area contributed by atoms with Gasteiger partial charge >= 0.3 is 11.9 Å². The molecule has 1 fully saturated rings. The number of hydrogen-bond acceptors (Lipinski definition) is 7. The highest BCUT2D eigenvalue weighted by Gasteiger charge is 2.25. The predicted molar refractivity (Wildman–Crippen MR) is 103 cm³/mol. The summed E-state index contributed by atoms with van der Waals surface area (Å²) >= 11 is 0. The molecule has 0 saturated carbocycles. The number of carbonyl (C=O) groups excluding carboxylic acids is 2. The van der Waals surface area contributed by atoms with E-state index in [-0.39, 0.29) is 22.8 Å². The average molecular weight is 421 g/mol. The summed E-state index contributed by atoms with van der Waals surface area (Å²) in [4.78, 5) is 23.7. The Morgan fingerprint density at radius 1 is 0.966 bits per heavy atom. The maximum Gasteiger partial charge on any atom is 0.373 e. The lowest BCUT2D eigenvalue weighted by molar-refractivity contribution is 0.0438. The molecule has 2 aromatic rings. The Hall–Kier alpha value is -2.65. The third-order valence-corrected chi connectivity index (χ3v) is 6.60. The van der Waals surface area contributed by atoms with E-state index < -0.39 is 22.0 Å². The van der Waals surface area contributed by atoms with Gasteiger partial charge in [-0.05, 0) is 49.2 Å². The first-order chi connectivity index (χ1) is 13.9. The predicted octanol–water partition coefficient (Wildman–Crippen LogP) is 2.99. The van der Waals surface area contributed by atoms with Crippen LogP contribution in [0.4, 0.5) is 0 Å². The molecule has 0 N–H and O–H groups in total. The van der Waals surface area contributed by atoms with Gasteiger partial charge in [0, 0.05) is 13.1 Å². The number of benzene rings is 1. The van der Waals surface area contributed by atoms with Crippen molar-refractivity contribution >= 4 is 22.0 Å². The molecule has 29 heavy (non-hydrogen) atoms. The second-order valence-electron chi connectivity index (χ2n) is 6.68. The molecule has 1 aliphatic heterocycles. The maximum atomic E-state index is 12.8. The van der Waals surface area contributed by atoms with Crippen molar-refractivity contribution < 1.29 is 31.9 Å². The molecule has 0 bridgehead atoms. The number of methoxy groups -OCH3 is 1. The zero-order valence-corrected chi connectivity index (χ0v) is 16.9. The fourth-order valence-corrected chi connectivity index (χ4v) is 4.60. The molecule has 0 radical (unpaired) electrons. The van der Waals surface area contributed by atoms with Crippen LogP contribution in [0.2, 0.25) is 0 Å². The number of hydrogen-bond donors (Lipinski definition) is 0. The van der Waals surface area contributed by atoms with Crippen LogP contribution in [0.1, 0.15) is 52.4 Å². The molecule has 0 atom stereocenters. The van der Waals surface area contributed by atoms with Gasteiger partial charge in [0.1, 0.15) is 12.4 Å². The first-order valence-corrected chi connectivity index (χ1v) is 10.8. The van der Waals surface area contributed by atoms with Crippen LogP contribution in [-0.2, 0) is 26.1 Å². The number of ether oxygens (including phenoxy) is 2. The summed E-state index contributed by atoms with van der Waals surface area (Å²) in [6.07, 6.45) is 3.78. The Balaban J connectivity index is 1.62. The van der Waals surface area contributed by atoms with Gasteiger partial charge in [-0.2, -0.15) is 4.31 Å². The third-order valence-electron chi connectivity index (χ3n) is 4.69. The van der Waals surface area contributed by atoms with Gasteiger partial charge in [-0.1, -0.05) is 12.8 Å². The van der Waals surface area contributed by atoms with E-state index in [1.54, 1.807) is 0 Å². The van der Waals surface area contributed by atoms with Gasteiger partial charge in [-0.3, -0.25) is 0 Å². The summed E-state index contributed by atoms with van der Waals surface area (Å²) in [7, 11) is -2.33. The summed E-state index contributed by atoms with van der Waals surface area (Å²) in [5.74, 6) is -0.941. The minimum Gasteiger partial charge on any atom is -0.463 e. The Morgan fingerprint density at radius 2 is 1.62 bits per heavy atom. The second-order valence-corrected chi connectivity index (χ2v) is 8.61. The van der Waals surface area contributed by atoms with E-state index in [1.165, 1.54) is 47.8 Å². The number of rotatable bonds is 6. The SMILES string of the molecule is COC(=O)c1ccc(COC(=O)c2ccc(S(=O)(=O)N3CCCCCC3)cc2)o1. The number of sulfonamides is 1. The summed E-state index contributed by atoms with van der Waals surface area (Å²) in [5, 5.41) is 0. The number of nitrogens with zero attached hydrogens (tertiary/aromatic N) is 1. The van der Waals surface area contributed by atoms with Crippen molar-refractivity contribution in [2.75, 3.05) is 20.2 Å². The van der Waals surface area contributed by atoms with E-state index in [4.69, 9.17) is 9.15 Å². The van der Waals surface area contributed by atoms with Crippen molar-refractivity contribution in [1.29, 1.82) is 0 Å². The molecule has 1 aliphatic rings. The largest absolute Gasteiger partial charge is 0.463 e. The molecular formula is C20H23NO7S. The highest BCUT2D eigenvalue weighted by atomic mass is 32.2. The Labute approximate surface area is 169 Å². The molecule has 0 spiro atoms. The van der Waals surface area contributed by atoms with Crippen LogP contribution in [0, 0.1) is 0 Å². The van der Waals surface area contributed by atoms with Crippen molar-refractivity contribution in [1.82, 2.24) is 4.31 Å². The highest BCUT2D eigenvalue weighted by molar-refractivity contribution is 7.89. The fourth-order valence-electron chi connectivity index (χ4n) is 3.08. The molecule has 1 aromatic heterocycles. The summed E-state index contributed by atoms with van der Waals surface area (Å²) in [5.41, 5.74) is 0.222. The van der Waals surface area contributed by atoms with Crippen molar-refractivity contribution in [2.45, 2.75) is 37.2 Å². The minimum absolute atomic E-state index is 0.0154. The first-order valence-electron chi connectivity index (χ1n) is 9.36. The zero-order chi connectivity index (χ0) is 20.9. The molecule has 1 aromatic carbocycles. The van der Waals surface area contributed by atoms with E-state index in [9.17, 15) is 18.0 Å². The van der Waals surface area contributed by atoms with Gasteiger partial charge in [0.15, 0.2) is 0 Å². The number of furan rings is 1. The van der Waals surface area contributed by atoms with E-state index in [1.807, 2.05) is 0 Å². The molecule has 2 heterocycles. The van der Waals surface area contributed by atoms with Gasteiger partial charge in [-0.15, -0.1) is 0 Å². The van der Waals surface area contributed by atoms with Crippen molar-refractivity contribution in [3.8, 4) is 0 Å². The van der Waals surface area contributed by atoms with Crippen LogP contribution in [0.5, 0.6) is 0 Å². The maximum absolute atomic E-state index is 12.8. The topological polar surface area (TPSA) is 103 Å². The van der Waals surface area contributed by atoms with Crippen LogP contribution in [0.25, 0.3) is 0 Å². The smallest absolute Gasteiger partial charge is 0.373 e. The molecule has 8 nitrogen and oxygen atoms in total. The zero-order valence-electron chi connectivity index (χ0n) is 16.1. The molecule has 156 valence electrons. The van der Waals surface area contributed by atoms with E-state index in [2.05, 4.69) is 4.74 Å². The molecule has 3 rings (SSSR count).